The van der Waals surface area contributed by atoms with Crippen LogP contribution in [0.1, 0.15) is 0 Å². The van der Waals surface area contributed by atoms with Crippen LogP contribution < -0.4 is 5.32 Å². The molecule has 0 unspecified atom stereocenters. The highest BCUT2D eigenvalue weighted by molar-refractivity contribution is 8.00. The molecule has 8 heteroatoms. The highest BCUT2D eigenvalue weighted by Crippen LogP contribution is 2.33. The number of halogens is 1. The van der Waals surface area contributed by atoms with Gasteiger partial charge in [-0.15, -0.1) is 10.2 Å². The standard InChI is InChI=1S/C23H19FN4OS2/c1-28-22(16-11-13-17(24)14-12-16)26-27-23(28)30-15-21(29)25-19-9-5-6-10-20(19)31-18-7-3-2-4-8-18/h2-14H,15H2,1H3,(H,25,29). The number of nitrogens with one attached hydrogen (secondary N) is 1. The summed E-state index contributed by atoms with van der Waals surface area (Å²) >= 11 is 2.90. The normalized spacial score (nSPS) is 10.8. The van der Waals surface area contributed by atoms with E-state index >= 15 is 0 Å². The zero-order valence-electron chi connectivity index (χ0n) is 16.7. The molecule has 0 radical (unpaired) electrons. The Balaban J connectivity index is 1.40. The molecule has 0 saturated heterocycles. The molecule has 0 aliphatic rings. The monoisotopic (exact) mass is 450 g/mol. The fourth-order valence-electron chi connectivity index (χ4n) is 2.88. The van der Waals surface area contributed by atoms with Crippen molar-refractivity contribution in [1.29, 1.82) is 0 Å². The van der Waals surface area contributed by atoms with Crippen LogP contribution in [0, 0.1) is 5.82 Å². The molecule has 0 aliphatic carbocycles. The fraction of sp³-hybridized carbons (Fsp3) is 0.0870. The number of hydrogen-bond donors (Lipinski definition) is 1. The summed E-state index contributed by atoms with van der Waals surface area (Å²) in [5.41, 5.74) is 1.53. The van der Waals surface area contributed by atoms with Crippen molar-refractivity contribution in [3.05, 3.63) is 84.7 Å². The molecule has 0 saturated carbocycles. The molecule has 1 amide bonds. The maximum Gasteiger partial charge on any atom is 0.234 e. The lowest BCUT2D eigenvalue weighted by molar-refractivity contribution is -0.113. The van der Waals surface area contributed by atoms with Gasteiger partial charge in [-0.3, -0.25) is 4.79 Å². The second-order valence-electron chi connectivity index (χ2n) is 6.62. The molecule has 5 nitrogen and oxygen atoms in total. The molecule has 0 aliphatic heterocycles. The number of para-hydroxylation sites is 1. The Morgan fingerprint density at radius 2 is 1.68 bits per heavy atom. The number of amides is 1. The Bertz CT molecular complexity index is 1180. The molecule has 0 bridgehead atoms. The van der Waals surface area contributed by atoms with Crippen molar-refractivity contribution >= 4 is 35.1 Å². The van der Waals surface area contributed by atoms with Crippen molar-refractivity contribution in [2.24, 2.45) is 7.05 Å². The summed E-state index contributed by atoms with van der Waals surface area (Å²) < 4.78 is 15.0. The minimum absolute atomic E-state index is 0.127. The minimum atomic E-state index is -0.303. The lowest BCUT2D eigenvalue weighted by Crippen LogP contribution is -2.15. The van der Waals surface area contributed by atoms with Crippen molar-refractivity contribution in [3.63, 3.8) is 0 Å². The number of anilines is 1. The van der Waals surface area contributed by atoms with Gasteiger partial charge < -0.3 is 9.88 Å². The van der Waals surface area contributed by atoms with Gasteiger partial charge in [0.05, 0.1) is 11.4 Å². The Morgan fingerprint density at radius 1 is 0.968 bits per heavy atom. The molecule has 0 atom stereocenters. The fourth-order valence-corrected chi connectivity index (χ4v) is 4.52. The van der Waals surface area contributed by atoms with Gasteiger partial charge >= 0.3 is 0 Å². The maximum atomic E-state index is 13.2. The highest BCUT2D eigenvalue weighted by Gasteiger charge is 2.14. The summed E-state index contributed by atoms with van der Waals surface area (Å²) in [6.07, 6.45) is 0. The van der Waals surface area contributed by atoms with Gasteiger partial charge in [0.15, 0.2) is 11.0 Å². The number of aromatic nitrogens is 3. The molecular formula is C23H19FN4OS2. The van der Waals surface area contributed by atoms with Crippen LogP contribution in [0.2, 0.25) is 0 Å². The van der Waals surface area contributed by atoms with Crippen LogP contribution in [0.5, 0.6) is 0 Å². The van der Waals surface area contributed by atoms with Gasteiger partial charge in [-0.05, 0) is 48.5 Å². The Kier molecular flexibility index (Phi) is 6.69. The van der Waals surface area contributed by atoms with Crippen molar-refractivity contribution < 1.29 is 9.18 Å². The highest BCUT2D eigenvalue weighted by atomic mass is 32.2. The van der Waals surface area contributed by atoms with E-state index in [1.807, 2.05) is 61.6 Å². The molecule has 1 heterocycles. The molecule has 0 spiro atoms. The Labute approximate surface area is 188 Å². The van der Waals surface area contributed by atoms with Gasteiger partial charge in [0.25, 0.3) is 0 Å². The largest absolute Gasteiger partial charge is 0.324 e. The second kappa shape index (κ2) is 9.80. The average molecular weight is 451 g/mol. The third kappa shape index (κ3) is 5.34. The molecule has 0 fully saturated rings. The number of carbonyl (C=O) groups excluding carboxylic acids is 1. The molecule has 1 N–H and O–H groups in total. The van der Waals surface area contributed by atoms with E-state index in [0.717, 1.165) is 21.0 Å². The van der Waals surface area contributed by atoms with Crippen molar-refractivity contribution in [1.82, 2.24) is 14.8 Å². The van der Waals surface area contributed by atoms with Gasteiger partial charge in [-0.2, -0.15) is 0 Å². The van der Waals surface area contributed by atoms with E-state index in [1.165, 1.54) is 23.9 Å². The van der Waals surface area contributed by atoms with E-state index in [0.29, 0.717) is 11.0 Å². The van der Waals surface area contributed by atoms with Gasteiger partial charge in [-0.1, -0.05) is 53.9 Å². The Hall–Kier alpha value is -3.10. The second-order valence-corrected chi connectivity index (χ2v) is 8.68. The van der Waals surface area contributed by atoms with Gasteiger partial charge in [-0.25, -0.2) is 4.39 Å². The van der Waals surface area contributed by atoms with Crippen LogP contribution in [-0.4, -0.2) is 26.4 Å². The van der Waals surface area contributed by atoms with Crippen LogP contribution in [0.15, 0.2) is 93.8 Å². The average Bonchev–Trinajstić information content (AvgIpc) is 3.15. The molecule has 31 heavy (non-hydrogen) atoms. The predicted molar refractivity (Wildman–Crippen MR) is 123 cm³/mol. The first-order valence-electron chi connectivity index (χ1n) is 9.50. The zero-order chi connectivity index (χ0) is 21.6. The molecule has 3 aromatic carbocycles. The maximum absolute atomic E-state index is 13.2. The molecule has 156 valence electrons. The molecular weight excluding hydrogens is 431 g/mol. The summed E-state index contributed by atoms with van der Waals surface area (Å²) in [5.74, 6) is 0.382. The predicted octanol–water partition coefficient (Wildman–Crippen LogP) is 5.50. The van der Waals surface area contributed by atoms with Crippen molar-refractivity contribution in [2.45, 2.75) is 14.9 Å². The van der Waals surface area contributed by atoms with Gasteiger partial charge in [0.1, 0.15) is 5.82 Å². The van der Waals surface area contributed by atoms with Crippen LogP contribution in [0.25, 0.3) is 11.4 Å². The zero-order valence-corrected chi connectivity index (χ0v) is 18.3. The first-order chi connectivity index (χ1) is 15.1. The van der Waals surface area contributed by atoms with Gasteiger partial charge in [0, 0.05) is 22.4 Å². The van der Waals surface area contributed by atoms with E-state index in [9.17, 15) is 9.18 Å². The van der Waals surface area contributed by atoms with Gasteiger partial charge in [0.2, 0.25) is 5.91 Å². The number of hydrogen-bond acceptors (Lipinski definition) is 5. The first-order valence-corrected chi connectivity index (χ1v) is 11.3. The van der Waals surface area contributed by atoms with E-state index < -0.39 is 0 Å². The van der Waals surface area contributed by atoms with E-state index in [2.05, 4.69) is 15.5 Å². The smallest absolute Gasteiger partial charge is 0.234 e. The minimum Gasteiger partial charge on any atom is -0.324 e. The lowest BCUT2D eigenvalue weighted by Gasteiger charge is -2.10. The van der Waals surface area contributed by atoms with Crippen molar-refractivity contribution in [2.75, 3.05) is 11.1 Å². The SMILES string of the molecule is Cn1c(SCC(=O)Nc2ccccc2Sc2ccccc2)nnc1-c1ccc(F)cc1. The number of rotatable bonds is 7. The van der Waals surface area contributed by atoms with E-state index in [1.54, 1.807) is 28.5 Å². The number of nitrogens with zero attached hydrogens (tertiary/aromatic N) is 3. The first kappa shape index (κ1) is 21.1. The van der Waals surface area contributed by atoms with E-state index in [-0.39, 0.29) is 17.5 Å². The molecule has 4 rings (SSSR count). The number of carbonyl (C=O) groups is 1. The van der Waals surface area contributed by atoms with Crippen LogP contribution in [0.3, 0.4) is 0 Å². The molecule has 1 aromatic heterocycles. The summed E-state index contributed by atoms with van der Waals surface area (Å²) in [6.45, 7) is 0. The van der Waals surface area contributed by atoms with Crippen LogP contribution >= 0.6 is 23.5 Å². The number of benzene rings is 3. The summed E-state index contributed by atoms with van der Waals surface area (Å²) in [7, 11) is 1.82. The third-order valence-electron chi connectivity index (χ3n) is 4.40. The third-order valence-corrected chi connectivity index (χ3v) is 6.51. The van der Waals surface area contributed by atoms with Crippen molar-refractivity contribution in [3.8, 4) is 11.4 Å². The van der Waals surface area contributed by atoms with E-state index in [4.69, 9.17) is 0 Å². The summed E-state index contributed by atoms with van der Waals surface area (Å²) in [4.78, 5) is 14.7. The number of thioether (sulfide) groups is 1. The topological polar surface area (TPSA) is 59.8 Å². The quantitative estimate of drug-likeness (QED) is 0.377. The lowest BCUT2D eigenvalue weighted by atomic mass is 10.2. The van der Waals surface area contributed by atoms with Crippen LogP contribution in [0.4, 0.5) is 10.1 Å². The van der Waals surface area contributed by atoms with Crippen LogP contribution in [-0.2, 0) is 11.8 Å². The Morgan fingerprint density at radius 3 is 2.45 bits per heavy atom. The summed E-state index contributed by atoms with van der Waals surface area (Å²) in [6, 6.07) is 23.8. The molecule has 4 aromatic rings. The summed E-state index contributed by atoms with van der Waals surface area (Å²) in [5, 5.41) is 11.9.